The fourth-order valence-corrected chi connectivity index (χ4v) is 3.02. The van der Waals surface area contributed by atoms with Crippen molar-refractivity contribution in [1.82, 2.24) is 4.98 Å². The number of phenolic OH excluding ortho intramolecular Hbond substituents is 1. The van der Waals surface area contributed by atoms with E-state index >= 15 is 0 Å². The topological polar surface area (TPSA) is 269 Å². The van der Waals surface area contributed by atoms with Crippen LogP contribution in [-0.2, 0) is 32.0 Å². The van der Waals surface area contributed by atoms with Crippen LogP contribution < -0.4 is 22.9 Å². The number of carboxylic acid groups (broad SMARTS) is 3. The van der Waals surface area contributed by atoms with Crippen LogP contribution in [0.3, 0.4) is 0 Å². The lowest BCUT2D eigenvalue weighted by Crippen LogP contribution is -2.32. The van der Waals surface area contributed by atoms with Gasteiger partial charge in [0.25, 0.3) is 0 Å². The molecule has 0 aliphatic heterocycles. The smallest absolute Gasteiger partial charge is 0.320 e. The first-order chi connectivity index (χ1) is 17.8. The number of hydrogen-bond acceptors (Lipinski definition) is 8. The number of primary amides is 1. The maximum atomic E-state index is 10.6. The van der Waals surface area contributed by atoms with Crippen LogP contribution in [-0.4, -0.2) is 67.4 Å². The Balaban J connectivity index is 0.000000292. The van der Waals surface area contributed by atoms with Crippen LogP contribution in [0.1, 0.15) is 24.0 Å². The molecule has 3 unspecified atom stereocenters. The number of nitrogens with one attached hydrogen (secondary N) is 1. The van der Waals surface area contributed by atoms with Crippen molar-refractivity contribution in [3.8, 4) is 5.75 Å². The minimum atomic E-state index is -1.11. The van der Waals surface area contributed by atoms with Gasteiger partial charge in [-0.3, -0.25) is 19.2 Å². The minimum absolute atomic E-state index is 0.0213. The van der Waals surface area contributed by atoms with Crippen molar-refractivity contribution in [2.45, 2.75) is 43.8 Å². The summed E-state index contributed by atoms with van der Waals surface area (Å²) < 4.78 is 0. The van der Waals surface area contributed by atoms with Crippen molar-refractivity contribution in [3.05, 3.63) is 65.9 Å². The highest BCUT2D eigenvalue weighted by molar-refractivity contribution is 5.84. The van der Waals surface area contributed by atoms with E-state index in [2.05, 4.69) is 4.98 Å². The summed E-state index contributed by atoms with van der Waals surface area (Å²) in [4.78, 5) is 44.2. The third kappa shape index (κ3) is 11.5. The molecular formula is C25H33N5O8. The van der Waals surface area contributed by atoms with Gasteiger partial charge in [0.1, 0.15) is 23.9 Å². The van der Waals surface area contributed by atoms with Gasteiger partial charge in [-0.1, -0.05) is 30.3 Å². The maximum absolute atomic E-state index is 10.6. The van der Waals surface area contributed by atoms with E-state index in [1.54, 1.807) is 12.1 Å². The first-order valence-corrected chi connectivity index (χ1v) is 11.4. The Bertz CT molecular complexity index is 1210. The summed E-state index contributed by atoms with van der Waals surface area (Å²) in [5.41, 5.74) is 23.4. The van der Waals surface area contributed by atoms with E-state index < -0.39 is 41.9 Å². The SMILES string of the molecule is NC(=O)CCC(N)C(=O)O.NC(Cc1c[nH]c2ccccc12)C(=O)O.NC(Cc1ccc(O)cc1)C(=O)O. The number of aliphatic carboxylic acids is 3. The molecule has 38 heavy (non-hydrogen) atoms. The number of carboxylic acids is 3. The van der Waals surface area contributed by atoms with Crippen molar-refractivity contribution >= 4 is 34.7 Å². The number of amides is 1. The van der Waals surface area contributed by atoms with E-state index in [-0.39, 0.29) is 25.0 Å². The number of nitrogens with two attached hydrogens (primary N) is 4. The van der Waals surface area contributed by atoms with Gasteiger partial charge in [-0.25, -0.2) is 0 Å². The molecule has 13 heteroatoms. The lowest BCUT2D eigenvalue weighted by Gasteiger charge is -2.05. The van der Waals surface area contributed by atoms with Gasteiger partial charge < -0.3 is 48.3 Å². The fraction of sp³-hybridized carbons (Fsp3) is 0.280. The van der Waals surface area contributed by atoms with E-state index in [0.29, 0.717) is 6.42 Å². The normalized spacial score (nSPS) is 12.6. The highest BCUT2D eigenvalue weighted by atomic mass is 16.4. The Labute approximate surface area is 218 Å². The van der Waals surface area contributed by atoms with E-state index in [9.17, 15) is 19.2 Å². The molecule has 3 rings (SSSR count). The second-order valence-electron chi connectivity index (χ2n) is 8.27. The average Bonchev–Trinajstić information content (AvgIpc) is 3.27. The number of benzene rings is 2. The lowest BCUT2D eigenvalue weighted by molar-refractivity contribution is -0.139. The van der Waals surface area contributed by atoms with Gasteiger partial charge in [0, 0.05) is 29.9 Å². The standard InChI is InChI=1S/C11H12N2O2.C9H11NO3.C5H10N2O3/c12-9(11(14)15)5-7-6-13-10-4-2-1-3-8(7)10;10-8(9(12)13)5-6-1-3-7(11)4-2-6;6-3(5(9)10)1-2-4(7)8/h1-4,6,9,13H,5,12H2,(H,14,15);1-4,8,11H,5,10H2,(H,12,13);3H,1-2,6H2,(H2,7,8)(H,9,10). The van der Waals surface area contributed by atoms with E-state index in [1.165, 1.54) is 12.1 Å². The molecule has 0 saturated carbocycles. The minimum Gasteiger partial charge on any atom is -0.508 e. The molecule has 0 saturated heterocycles. The van der Waals surface area contributed by atoms with Crippen LogP contribution in [0.5, 0.6) is 5.75 Å². The molecule has 13 nitrogen and oxygen atoms in total. The number of aromatic nitrogens is 1. The van der Waals surface area contributed by atoms with E-state index in [0.717, 1.165) is 22.0 Å². The molecule has 1 heterocycles. The van der Waals surface area contributed by atoms with Gasteiger partial charge in [-0.05, 0) is 42.2 Å². The summed E-state index contributed by atoms with van der Waals surface area (Å²) in [5, 5.41) is 35.4. The summed E-state index contributed by atoms with van der Waals surface area (Å²) in [6.45, 7) is 0. The number of fused-ring (bicyclic) bond motifs is 1. The van der Waals surface area contributed by atoms with Crippen LogP contribution in [0.15, 0.2) is 54.7 Å². The summed E-state index contributed by atoms with van der Waals surface area (Å²) in [7, 11) is 0. The molecule has 13 N–H and O–H groups in total. The molecule has 0 bridgehead atoms. The monoisotopic (exact) mass is 531 g/mol. The molecule has 2 aromatic carbocycles. The number of rotatable bonds is 10. The Morgan fingerprint density at radius 2 is 1.29 bits per heavy atom. The number of hydrogen-bond donors (Lipinski definition) is 9. The highest BCUT2D eigenvalue weighted by Crippen LogP contribution is 2.18. The molecule has 1 aromatic heterocycles. The third-order valence-electron chi connectivity index (χ3n) is 5.16. The Morgan fingerprint density at radius 1 is 0.763 bits per heavy atom. The molecule has 0 fully saturated rings. The molecule has 3 atom stereocenters. The van der Waals surface area contributed by atoms with Gasteiger partial charge in [0.05, 0.1) is 0 Å². The van der Waals surface area contributed by atoms with E-state index in [1.807, 2.05) is 30.5 Å². The Morgan fingerprint density at radius 3 is 1.82 bits per heavy atom. The number of aromatic hydroxyl groups is 1. The van der Waals surface area contributed by atoms with Crippen LogP contribution >= 0.6 is 0 Å². The lowest BCUT2D eigenvalue weighted by atomic mass is 10.1. The number of carbonyl (C=O) groups is 4. The largest absolute Gasteiger partial charge is 0.508 e. The van der Waals surface area contributed by atoms with Crippen molar-refractivity contribution in [2.75, 3.05) is 0 Å². The number of carbonyl (C=O) groups excluding carboxylic acids is 1. The summed E-state index contributed by atoms with van der Waals surface area (Å²) in [6, 6.07) is 11.4. The first-order valence-electron chi connectivity index (χ1n) is 11.4. The zero-order valence-corrected chi connectivity index (χ0v) is 20.5. The van der Waals surface area contributed by atoms with Gasteiger partial charge in [-0.2, -0.15) is 0 Å². The van der Waals surface area contributed by atoms with Gasteiger partial charge >= 0.3 is 17.9 Å². The number of aromatic amines is 1. The second kappa shape index (κ2) is 15.6. The molecule has 0 aliphatic carbocycles. The first kappa shape index (κ1) is 31.6. The zero-order valence-electron chi connectivity index (χ0n) is 20.5. The van der Waals surface area contributed by atoms with Gasteiger partial charge in [0.15, 0.2) is 0 Å². The van der Waals surface area contributed by atoms with E-state index in [4.69, 9.17) is 43.4 Å². The molecule has 1 amide bonds. The molecule has 3 aromatic rings. The molecule has 206 valence electrons. The average molecular weight is 532 g/mol. The number of para-hydroxylation sites is 1. The predicted molar refractivity (Wildman–Crippen MR) is 139 cm³/mol. The summed E-state index contributed by atoms with van der Waals surface area (Å²) >= 11 is 0. The molecule has 0 aliphatic rings. The van der Waals surface area contributed by atoms with Crippen molar-refractivity contribution in [1.29, 1.82) is 0 Å². The third-order valence-corrected chi connectivity index (χ3v) is 5.16. The predicted octanol–water partition coefficient (Wildman–Crippen LogP) is 0.133. The zero-order chi connectivity index (χ0) is 28.8. The van der Waals surface area contributed by atoms with Gasteiger partial charge in [-0.15, -0.1) is 0 Å². The number of H-pyrrole nitrogens is 1. The van der Waals surface area contributed by atoms with Crippen LogP contribution in [0.2, 0.25) is 0 Å². The second-order valence-corrected chi connectivity index (χ2v) is 8.27. The highest BCUT2D eigenvalue weighted by Gasteiger charge is 2.14. The van der Waals surface area contributed by atoms with Crippen LogP contribution in [0, 0.1) is 0 Å². The maximum Gasteiger partial charge on any atom is 0.320 e. The summed E-state index contributed by atoms with van der Waals surface area (Å²) in [5.74, 6) is -3.47. The number of phenols is 1. The van der Waals surface area contributed by atoms with Crippen molar-refractivity contribution in [3.63, 3.8) is 0 Å². The van der Waals surface area contributed by atoms with Crippen molar-refractivity contribution < 1.29 is 39.6 Å². The Hall–Kier alpha value is -4.46. The fourth-order valence-electron chi connectivity index (χ4n) is 3.02. The van der Waals surface area contributed by atoms with Crippen molar-refractivity contribution in [2.24, 2.45) is 22.9 Å². The van der Waals surface area contributed by atoms with Crippen LogP contribution in [0.4, 0.5) is 0 Å². The van der Waals surface area contributed by atoms with Crippen LogP contribution in [0.25, 0.3) is 10.9 Å². The molecule has 0 spiro atoms. The molecule has 0 radical (unpaired) electrons. The van der Waals surface area contributed by atoms with Gasteiger partial charge in [0.2, 0.25) is 5.91 Å². The summed E-state index contributed by atoms with van der Waals surface area (Å²) in [6.07, 6.45) is 2.56. The Kier molecular flexibility index (Phi) is 13.0. The quantitative estimate of drug-likeness (QED) is 0.170. The molecular weight excluding hydrogens is 498 g/mol.